The summed E-state index contributed by atoms with van der Waals surface area (Å²) in [7, 11) is 0. The zero-order valence-electron chi connectivity index (χ0n) is 8.02. The molecule has 0 spiro atoms. The van der Waals surface area contributed by atoms with Gasteiger partial charge >= 0.3 is 0 Å². The third-order valence-corrected chi connectivity index (χ3v) is 1.18. The molecule has 0 aliphatic carbocycles. The van der Waals surface area contributed by atoms with Gasteiger partial charge in [-0.15, -0.1) is 0 Å². The standard InChI is InChI=1S/C11H18/c1-6-7-10(2)8-9-11(3,4)5/h6-9H,2H2,1,3-5H3/b7-6+,9-8+. The van der Waals surface area contributed by atoms with E-state index in [4.69, 9.17) is 0 Å². The van der Waals surface area contributed by atoms with Crippen LogP contribution in [0.3, 0.4) is 0 Å². The maximum absolute atomic E-state index is 3.87. The smallest absolute Gasteiger partial charge is 0.0200 e. The predicted molar refractivity (Wildman–Crippen MR) is 52.5 cm³/mol. The summed E-state index contributed by atoms with van der Waals surface area (Å²) in [5, 5.41) is 0. The van der Waals surface area contributed by atoms with Crippen molar-refractivity contribution in [3.8, 4) is 0 Å². The predicted octanol–water partition coefficient (Wildman–Crippen LogP) is 3.72. The van der Waals surface area contributed by atoms with Crippen molar-refractivity contribution in [2.75, 3.05) is 0 Å². The van der Waals surface area contributed by atoms with Gasteiger partial charge in [0.15, 0.2) is 0 Å². The van der Waals surface area contributed by atoms with Crippen LogP contribution < -0.4 is 0 Å². The van der Waals surface area contributed by atoms with Crippen LogP contribution in [0.4, 0.5) is 0 Å². The van der Waals surface area contributed by atoms with E-state index < -0.39 is 0 Å². The zero-order valence-corrected chi connectivity index (χ0v) is 8.02. The minimum atomic E-state index is 0.254. The number of hydrogen-bond donors (Lipinski definition) is 0. The lowest BCUT2D eigenvalue weighted by Crippen LogP contribution is -1.98. The molecule has 0 radical (unpaired) electrons. The number of rotatable bonds is 2. The molecule has 0 nitrogen and oxygen atoms in total. The van der Waals surface area contributed by atoms with Gasteiger partial charge in [0, 0.05) is 0 Å². The van der Waals surface area contributed by atoms with Crippen molar-refractivity contribution in [2.24, 2.45) is 5.41 Å². The van der Waals surface area contributed by atoms with Crippen LogP contribution in [0, 0.1) is 5.41 Å². The summed E-state index contributed by atoms with van der Waals surface area (Å²) < 4.78 is 0. The molecular formula is C11H18. The fraction of sp³-hybridized carbons (Fsp3) is 0.455. The lowest BCUT2D eigenvalue weighted by molar-refractivity contribution is 0.544. The summed E-state index contributed by atoms with van der Waals surface area (Å²) >= 11 is 0. The fourth-order valence-electron chi connectivity index (χ4n) is 0.627. The van der Waals surface area contributed by atoms with Crippen LogP contribution >= 0.6 is 0 Å². The molecule has 0 heterocycles. The molecule has 0 aliphatic heterocycles. The molecule has 0 saturated heterocycles. The number of allylic oxidation sites excluding steroid dienone is 5. The molecule has 0 aromatic carbocycles. The molecule has 0 aromatic heterocycles. The molecule has 0 aliphatic rings. The van der Waals surface area contributed by atoms with Crippen molar-refractivity contribution in [1.29, 1.82) is 0 Å². The maximum atomic E-state index is 3.87. The SMILES string of the molecule is C=C(/C=C/C)/C=C/C(C)(C)C. The maximum Gasteiger partial charge on any atom is -0.0200 e. The van der Waals surface area contributed by atoms with E-state index in [0.29, 0.717) is 0 Å². The van der Waals surface area contributed by atoms with Crippen LogP contribution in [0.2, 0.25) is 0 Å². The Hall–Kier alpha value is -0.780. The van der Waals surface area contributed by atoms with E-state index >= 15 is 0 Å². The van der Waals surface area contributed by atoms with Gasteiger partial charge in [-0.2, -0.15) is 0 Å². The van der Waals surface area contributed by atoms with Gasteiger partial charge < -0.3 is 0 Å². The summed E-state index contributed by atoms with van der Waals surface area (Å²) in [5.41, 5.74) is 1.31. The highest BCUT2D eigenvalue weighted by molar-refractivity contribution is 5.27. The molecule has 0 amide bonds. The van der Waals surface area contributed by atoms with Crippen LogP contribution in [0.1, 0.15) is 27.7 Å². The molecule has 62 valence electrons. The van der Waals surface area contributed by atoms with Crippen LogP contribution in [-0.4, -0.2) is 0 Å². The summed E-state index contributed by atoms with van der Waals surface area (Å²) in [6, 6.07) is 0. The van der Waals surface area contributed by atoms with Gasteiger partial charge in [-0.3, -0.25) is 0 Å². The number of hydrogen-bond acceptors (Lipinski definition) is 0. The molecule has 0 heteroatoms. The normalized spacial score (nSPS) is 13.1. The molecule has 0 atom stereocenters. The van der Waals surface area contributed by atoms with E-state index in [1.54, 1.807) is 0 Å². The van der Waals surface area contributed by atoms with Gasteiger partial charge in [0.05, 0.1) is 0 Å². The fourth-order valence-corrected chi connectivity index (χ4v) is 0.627. The van der Waals surface area contributed by atoms with Gasteiger partial charge in [-0.05, 0) is 17.9 Å². The van der Waals surface area contributed by atoms with E-state index in [1.165, 1.54) is 0 Å². The summed E-state index contributed by atoms with van der Waals surface area (Å²) in [6.45, 7) is 12.4. The van der Waals surface area contributed by atoms with Crippen LogP contribution in [0.15, 0.2) is 36.5 Å². The molecular weight excluding hydrogens is 132 g/mol. The Labute approximate surface area is 70.3 Å². The molecule has 0 unspecified atom stereocenters. The van der Waals surface area contributed by atoms with Gasteiger partial charge in [0.2, 0.25) is 0 Å². The second-order valence-corrected chi connectivity index (χ2v) is 3.77. The third kappa shape index (κ3) is 7.11. The first-order chi connectivity index (χ1) is 4.95. The molecule has 0 saturated carbocycles. The zero-order chi connectivity index (χ0) is 8.91. The molecule has 0 bridgehead atoms. The molecule has 0 N–H and O–H groups in total. The van der Waals surface area contributed by atoms with E-state index in [1.807, 2.05) is 19.1 Å². The van der Waals surface area contributed by atoms with Crippen LogP contribution in [0.5, 0.6) is 0 Å². The topological polar surface area (TPSA) is 0 Å². The van der Waals surface area contributed by atoms with E-state index in [-0.39, 0.29) is 5.41 Å². The Morgan fingerprint density at radius 3 is 2.09 bits per heavy atom. The molecule has 0 fully saturated rings. The minimum Gasteiger partial charge on any atom is -0.0918 e. The average Bonchev–Trinajstić information content (AvgIpc) is 1.83. The van der Waals surface area contributed by atoms with Gasteiger partial charge in [0.1, 0.15) is 0 Å². The second kappa shape index (κ2) is 4.17. The highest BCUT2D eigenvalue weighted by Crippen LogP contribution is 2.15. The molecule has 0 rings (SSSR count). The second-order valence-electron chi connectivity index (χ2n) is 3.77. The third-order valence-electron chi connectivity index (χ3n) is 1.18. The first-order valence-corrected chi connectivity index (χ1v) is 3.96. The van der Waals surface area contributed by atoms with Gasteiger partial charge in [0.25, 0.3) is 0 Å². The van der Waals surface area contributed by atoms with Gasteiger partial charge in [-0.25, -0.2) is 0 Å². The van der Waals surface area contributed by atoms with Crippen molar-refractivity contribution in [3.05, 3.63) is 36.5 Å². The summed E-state index contributed by atoms with van der Waals surface area (Å²) in [5.74, 6) is 0. The first-order valence-electron chi connectivity index (χ1n) is 3.96. The summed E-state index contributed by atoms with van der Waals surface area (Å²) in [4.78, 5) is 0. The van der Waals surface area contributed by atoms with Crippen molar-refractivity contribution >= 4 is 0 Å². The largest absolute Gasteiger partial charge is 0.0918 e. The molecule has 11 heavy (non-hydrogen) atoms. The highest BCUT2D eigenvalue weighted by atomic mass is 14.1. The highest BCUT2D eigenvalue weighted by Gasteiger charge is 2.02. The monoisotopic (exact) mass is 150 g/mol. The quantitative estimate of drug-likeness (QED) is 0.526. The molecule has 0 aromatic rings. The first kappa shape index (κ1) is 10.2. The Morgan fingerprint density at radius 2 is 1.73 bits per heavy atom. The Morgan fingerprint density at radius 1 is 1.18 bits per heavy atom. The lowest BCUT2D eigenvalue weighted by Gasteiger charge is -2.10. The van der Waals surface area contributed by atoms with E-state index in [0.717, 1.165) is 5.57 Å². The van der Waals surface area contributed by atoms with Crippen molar-refractivity contribution in [3.63, 3.8) is 0 Å². The summed E-state index contributed by atoms with van der Waals surface area (Å²) in [6.07, 6.45) is 8.22. The Balaban J connectivity index is 4.04. The van der Waals surface area contributed by atoms with Crippen molar-refractivity contribution in [2.45, 2.75) is 27.7 Å². The van der Waals surface area contributed by atoms with Crippen molar-refractivity contribution in [1.82, 2.24) is 0 Å². The van der Waals surface area contributed by atoms with Crippen LogP contribution in [-0.2, 0) is 0 Å². The van der Waals surface area contributed by atoms with Gasteiger partial charge in [-0.1, -0.05) is 51.7 Å². The average molecular weight is 150 g/mol. The van der Waals surface area contributed by atoms with E-state index in [2.05, 4.69) is 39.5 Å². The lowest BCUT2D eigenvalue weighted by atomic mass is 9.95. The van der Waals surface area contributed by atoms with Crippen LogP contribution in [0.25, 0.3) is 0 Å². The van der Waals surface area contributed by atoms with E-state index in [9.17, 15) is 0 Å². The van der Waals surface area contributed by atoms with Crippen molar-refractivity contribution < 1.29 is 0 Å². The Kier molecular flexibility index (Phi) is 3.88. The Bertz CT molecular complexity index is 175. The minimum absolute atomic E-state index is 0.254.